The van der Waals surface area contributed by atoms with Crippen molar-refractivity contribution in [2.24, 2.45) is 0 Å². The third-order valence-electron chi connectivity index (χ3n) is 5.93. The van der Waals surface area contributed by atoms with Crippen LogP contribution in [0.15, 0.2) is 41.0 Å². The predicted octanol–water partition coefficient (Wildman–Crippen LogP) is 3.24. The monoisotopic (exact) mass is 387 g/mol. The Hall–Kier alpha value is -2.02. The molecule has 6 nitrogen and oxygen atoms in total. The summed E-state index contributed by atoms with van der Waals surface area (Å²) in [6.07, 6.45) is 4.37. The number of hydrogen-bond donors (Lipinski definition) is 2. The highest BCUT2D eigenvalue weighted by Crippen LogP contribution is 2.43. The van der Waals surface area contributed by atoms with Gasteiger partial charge in [-0.2, -0.15) is 0 Å². The number of furan rings is 1. The van der Waals surface area contributed by atoms with Crippen molar-refractivity contribution in [1.82, 2.24) is 10.2 Å². The molecule has 0 aliphatic carbocycles. The van der Waals surface area contributed by atoms with Crippen molar-refractivity contribution in [1.29, 1.82) is 0 Å². The molecule has 2 aromatic rings. The first kappa shape index (κ1) is 17.1. The van der Waals surface area contributed by atoms with Crippen LogP contribution in [0.2, 0.25) is 5.02 Å². The van der Waals surface area contributed by atoms with E-state index in [0.717, 1.165) is 50.3 Å². The average molecular weight is 388 g/mol. The third kappa shape index (κ3) is 3.12. The largest absolute Gasteiger partial charge is 0.468 e. The van der Waals surface area contributed by atoms with Crippen LogP contribution in [0, 0.1) is 0 Å². The summed E-state index contributed by atoms with van der Waals surface area (Å²) in [5.41, 5.74) is 0.673. The molecule has 2 N–H and O–H groups in total. The zero-order chi connectivity index (χ0) is 18.5. The summed E-state index contributed by atoms with van der Waals surface area (Å²) >= 11 is 6.03. The molecule has 2 saturated heterocycles. The van der Waals surface area contributed by atoms with E-state index in [1.807, 2.05) is 18.2 Å². The van der Waals surface area contributed by atoms with Crippen LogP contribution in [-0.4, -0.2) is 41.8 Å². The highest BCUT2D eigenvalue weighted by atomic mass is 35.5. The molecule has 2 spiro atoms. The maximum absolute atomic E-state index is 12.6. The van der Waals surface area contributed by atoms with E-state index < -0.39 is 5.66 Å². The lowest BCUT2D eigenvalue weighted by Crippen LogP contribution is -2.59. The molecule has 4 heterocycles. The molecule has 5 rings (SSSR count). The summed E-state index contributed by atoms with van der Waals surface area (Å²) in [6.45, 7) is 3.21. The average Bonchev–Trinajstić information content (AvgIpc) is 3.27. The van der Waals surface area contributed by atoms with Gasteiger partial charge >= 0.3 is 0 Å². The number of benzene rings is 1. The number of fused-ring (bicyclic) bond motifs is 1. The van der Waals surface area contributed by atoms with Crippen LogP contribution in [0.1, 0.15) is 35.4 Å². The molecule has 1 unspecified atom stereocenters. The van der Waals surface area contributed by atoms with Crippen molar-refractivity contribution in [3.8, 4) is 0 Å². The molecule has 142 valence electrons. The number of ether oxygens (including phenoxy) is 1. The molecule has 0 bridgehead atoms. The molecular weight excluding hydrogens is 366 g/mol. The van der Waals surface area contributed by atoms with Gasteiger partial charge in [-0.1, -0.05) is 11.6 Å². The number of hydrogen-bond acceptors (Lipinski definition) is 5. The Labute approximate surface area is 162 Å². The molecule has 2 fully saturated rings. The lowest BCUT2D eigenvalue weighted by Gasteiger charge is -2.40. The van der Waals surface area contributed by atoms with E-state index in [0.29, 0.717) is 17.2 Å². The number of anilines is 1. The maximum atomic E-state index is 12.6. The van der Waals surface area contributed by atoms with Crippen molar-refractivity contribution >= 4 is 23.2 Å². The molecule has 7 heteroatoms. The van der Waals surface area contributed by atoms with Crippen molar-refractivity contribution in [3.63, 3.8) is 0 Å². The van der Waals surface area contributed by atoms with E-state index in [1.54, 1.807) is 18.4 Å². The maximum Gasteiger partial charge on any atom is 0.255 e. The topological polar surface area (TPSA) is 66.7 Å². The number of likely N-dealkylation sites (tertiary alicyclic amines) is 1. The van der Waals surface area contributed by atoms with E-state index in [2.05, 4.69) is 15.5 Å². The zero-order valence-corrected chi connectivity index (χ0v) is 15.7. The van der Waals surface area contributed by atoms with Gasteiger partial charge in [0.05, 0.1) is 30.6 Å². The summed E-state index contributed by atoms with van der Waals surface area (Å²) in [7, 11) is 0. The quantitative estimate of drug-likeness (QED) is 0.828. The summed E-state index contributed by atoms with van der Waals surface area (Å²) in [5, 5.41) is 7.20. The number of nitrogens with one attached hydrogen (secondary N) is 2. The normalized spacial score (nSPS) is 26.8. The van der Waals surface area contributed by atoms with E-state index >= 15 is 0 Å². The third-order valence-corrected chi connectivity index (χ3v) is 6.16. The minimum absolute atomic E-state index is 0.0952. The smallest absolute Gasteiger partial charge is 0.255 e. The lowest BCUT2D eigenvalue weighted by molar-refractivity contribution is -0.0461. The number of carbonyl (C=O) groups is 1. The molecule has 1 amide bonds. The van der Waals surface area contributed by atoms with Crippen LogP contribution in [0.3, 0.4) is 0 Å². The number of halogens is 1. The van der Waals surface area contributed by atoms with Crippen molar-refractivity contribution in [3.05, 3.63) is 52.9 Å². The van der Waals surface area contributed by atoms with Crippen molar-refractivity contribution < 1.29 is 13.9 Å². The molecule has 0 saturated carbocycles. The van der Waals surface area contributed by atoms with Crippen molar-refractivity contribution in [2.75, 3.05) is 25.0 Å². The first-order valence-electron chi connectivity index (χ1n) is 9.34. The molecule has 27 heavy (non-hydrogen) atoms. The van der Waals surface area contributed by atoms with Gasteiger partial charge in [0.2, 0.25) is 0 Å². The van der Waals surface area contributed by atoms with E-state index in [4.69, 9.17) is 20.8 Å². The summed E-state index contributed by atoms with van der Waals surface area (Å²) in [6, 6.07) is 9.31. The molecule has 1 atom stereocenters. The fraction of sp³-hybridized carbons (Fsp3) is 0.450. The predicted molar refractivity (Wildman–Crippen MR) is 102 cm³/mol. The number of nitrogens with zero attached hydrogens (tertiary/aromatic N) is 1. The van der Waals surface area contributed by atoms with Crippen LogP contribution in [0.5, 0.6) is 0 Å². The Bertz CT molecular complexity index is 861. The van der Waals surface area contributed by atoms with Gasteiger partial charge in [0.25, 0.3) is 5.91 Å². The van der Waals surface area contributed by atoms with Crippen LogP contribution in [0.4, 0.5) is 5.69 Å². The lowest BCUT2D eigenvalue weighted by atomic mass is 9.84. The summed E-state index contributed by atoms with van der Waals surface area (Å²) < 4.78 is 11.7. The van der Waals surface area contributed by atoms with Gasteiger partial charge in [-0.25, -0.2) is 0 Å². The van der Waals surface area contributed by atoms with Gasteiger partial charge in [-0.15, -0.1) is 0 Å². The van der Waals surface area contributed by atoms with E-state index in [9.17, 15) is 4.79 Å². The molecule has 1 aromatic carbocycles. The summed E-state index contributed by atoms with van der Waals surface area (Å²) in [4.78, 5) is 15.0. The second-order valence-corrected chi connectivity index (χ2v) is 8.29. The second kappa shape index (κ2) is 6.26. The SMILES string of the molecule is O=C1NC2(COC3(CCN(Cc4ccco4)CC3)C2)Nc2ccc(Cl)cc21. The minimum atomic E-state index is -0.541. The van der Waals surface area contributed by atoms with Gasteiger partial charge in [-0.05, 0) is 43.2 Å². The van der Waals surface area contributed by atoms with E-state index in [-0.39, 0.29) is 11.5 Å². The highest BCUT2D eigenvalue weighted by Gasteiger charge is 2.53. The Morgan fingerprint density at radius 3 is 2.81 bits per heavy atom. The minimum Gasteiger partial charge on any atom is -0.468 e. The molecular formula is C20H22ClN3O3. The fourth-order valence-corrected chi connectivity index (χ4v) is 4.71. The first-order valence-corrected chi connectivity index (χ1v) is 9.72. The van der Waals surface area contributed by atoms with Crippen molar-refractivity contribution in [2.45, 2.75) is 37.1 Å². The van der Waals surface area contributed by atoms with Gasteiger partial charge in [-0.3, -0.25) is 9.69 Å². The van der Waals surface area contributed by atoms with Crippen LogP contribution in [-0.2, 0) is 11.3 Å². The van der Waals surface area contributed by atoms with Crippen LogP contribution in [0.25, 0.3) is 0 Å². The Balaban J connectivity index is 1.28. The van der Waals surface area contributed by atoms with Crippen LogP contribution < -0.4 is 10.6 Å². The summed E-state index contributed by atoms with van der Waals surface area (Å²) in [5.74, 6) is 0.897. The second-order valence-electron chi connectivity index (χ2n) is 7.86. The van der Waals surface area contributed by atoms with Gasteiger partial charge in [0.15, 0.2) is 0 Å². The standard InChI is InChI=1S/C20H22ClN3O3/c21-14-3-4-17-16(10-14)18(25)23-20(22-17)12-19(27-13-20)5-7-24(8-6-19)11-15-2-1-9-26-15/h1-4,9-10,22H,5-8,11-13H2,(H,23,25). The number of amides is 1. The van der Waals surface area contributed by atoms with Gasteiger partial charge < -0.3 is 19.8 Å². The Morgan fingerprint density at radius 2 is 2.04 bits per heavy atom. The number of rotatable bonds is 2. The molecule has 0 radical (unpaired) electrons. The zero-order valence-electron chi connectivity index (χ0n) is 15.0. The Kier molecular flexibility index (Phi) is 3.96. The molecule has 3 aliphatic heterocycles. The Morgan fingerprint density at radius 1 is 1.19 bits per heavy atom. The fourth-order valence-electron chi connectivity index (χ4n) is 4.54. The molecule has 3 aliphatic rings. The van der Waals surface area contributed by atoms with Gasteiger partial charge in [0.1, 0.15) is 11.4 Å². The first-order chi connectivity index (χ1) is 13.0. The van der Waals surface area contributed by atoms with Crippen LogP contribution >= 0.6 is 11.6 Å². The number of piperidine rings is 1. The van der Waals surface area contributed by atoms with Gasteiger partial charge in [0, 0.05) is 30.2 Å². The van der Waals surface area contributed by atoms with E-state index in [1.165, 1.54) is 0 Å². The number of carbonyl (C=O) groups excluding carboxylic acids is 1. The highest BCUT2D eigenvalue weighted by molar-refractivity contribution is 6.31. The molecule has 1 aromatic heterocycles.